The molecule has 0 aromatic carbocycles. The van der Waals surface area contributed by atoms with Crippen LogP contribution < -0.4 is 0 Å². The molecule has 0 fully saturated rings. The standard InChI is InChI=1S/C12H8BrClN4/c1-18-6-7(5-16-18)11-12-8(4-10(14)17-11)9(13)2-3-15-12/h2-6H,1H3. The second kappa shape index (κ2) is 4.33. The van der Waals surface area contributed by atoms with Gasteiger partial charge < -0.3 is 0 Å². The van der Waals surface area contributed by atoms with E-state index in [1.807, 2.05) is 19.3 Å². The third-order valence-electron chi connectivity index (χ3n) is 2.62. The Hall–Kier alpha value is -1.46. The van der Waals surface area contributed by atoms with E-state index in [2.05, 4.69) is 31.0 Å². The molecule has 18 heavy (non-hydrogen) atoms. The molecule has 3 rings (SSSR count). The number of fused-ring (bicyclic) bond motifs is 1. The quantitative estimate of drug-likeness (QED) is 0.644. The van der Waals surface area contributed by atoms with Gasteiger partial charge in [-0.1, -0.05) is 27.5 Å². The van der Waals surface area contributed by atoms with Gasteiger partial charge in [0.2, 0.25) is 0 Å². The molecule has 0 amide bonds. The number of halogens is 2. The van der Waals surface area contributed by atoms with E-state index in [0.29, 0.717) is 5.15 Å². The number of hydrogen-bond donors (Lipinski definition) is 0. The van der Waals surface area contributed by atoms with Gasteiger partial charge in [-0.2, -0.15) is 5.10 Å². The average Bonchev–Trinajstić information content (AvgIpc) is 2.76. The van der Waals surface area contributed by atoms with Crippen LogP contribution in [0.5, 0.6) is 0 Å². The van der Waals surface area contributed by atoms with Crippen molar-refractivity contribution in [2.75, 3.05) is 0 Å². The highest BCUT2D eigenvalue weighted by Crippen LogP contribution is 2.31. The molecule has 0 atom stereocenters. The van der Waals surface area contributed by atoms with Crippen molar-refractivity contribution in [1.29, 1.82) is 0 Å². The molecule has 0 radical (unpaired) electrons. The molecular weight excluding hydrogens is 316 g/mol. The summed E-state index contributed by atoms with van der Waals surface area (Å²) in [5.41, 5.74) is 2.45. The van der Waals surface area contributed by atoms with Crippen LogP contribution in [0.3, 0.4) is 0 Å². The van der Waals surface area contributed by atoms with Gasteiger partial charge in [0.15, 0.2) is 0 Å². The first-order valence-corrected chi connectivity index (χ1v) is 6.42. The van der Waals surface area contributed by atoms with Crippen LogP contribution in [0.2, 0.25) is 5.15 Å². The third kappa shape index (κ3) is 1.89. The second-order valence-electron chi connectivity index (χ2n) is 3.89. The maximum Gasteiger partial charge on any atom is 0.130 e. The normalized spacial score (nSPS) is 11.1. The summed E-state index contributed by atoms with van der Waals surface area (Å²) in [5, 5.41) is 5.53. The molecule has 3 aromatic rings. The first kappa shape index (κ1) is 11.6. The van der Waals surface area contributed by atoms with E-state index in [0.717, 1.165) is 26.6 Å². The predicted molar refractivity (Wildman–Crippen MR) is 74.5 cm³/mol. The second-order valence-corrected chi connectivity index (χ2v) is 5.13. The molecule has 0 N–H and O–H groups in total. The lowest BCUT2D eigenvalue weighted by Crippen LogP contribution is -1.90. The summed E-state index contributed by atoms with van der Waals surface area (Å²) >= 11 is 9.56. The molecule has 0 unspecified atom stereocenters. The monoisotopic (exact) mass is 322 g/mol. The molecule has 90 valence electrons. The Morgan fingerprint density at radius 1 is 1.39 bits per heavy atom. The summed E-state index contributed by atoms with van der Waals surface area (Å²) < 4.78 is 2.67. The van der Waals surface area contributed by atoms with Gasteiger partial charge in [-0.15, -0.1) is 0 Å². The summed E-state index contributed by atoms with van der Waals surface area (Å²) in [5.74, 6) is 0. The van der Waals surface area contributed by atoms with Crippen LogP contribution in [-0.2, 0) is 7.05 Å². The molecule has 6 heteroatoms. The summed E-state index contributed by atoms with van der Waals surface area (Å²) in [6.07, 6.45) is 5.38. The number of rotatable bonds is 1. The van der Waals surface area contributed by atoms with Crippen molar-refractivity contribution >= 4 is 38.4 Å². The molecule has 0 bridgehead atoms. The highest BCUT2D eigenvalue weighted by atomic mass is 79.9. The number of pyridine rings is 2. The van der Waals surface area contributed by atoms with E-state index in [9.17, 15) is 0 Å². The van der Waals surface area contributed by atoms with Gasteiger partial charge in [0.1, 0.15) is 10.8 Å². The predicted octanol–water partition coefficient (Wildman–Crippen LogP) is 3.45. The van der Waals surface area contributed by atoms with Crippen LogP contribution >= 0.6 is 27.5 Å². The molecule has 0 spiro atoms. The van der Waals surface area contributed by atoms with Crippen LogP contribution in [0.1, 0.15) is 0 Å². The molecule has 0 aliphatic carbocycles. The van der Waals surface area contributed by atoms with E-state index in [-0.39, 0.29) is 0 Å². The highest BCUT2D eigenvalue weighted by molar-refractivity contribution is 9.10. The lowest BCUT2D eigenvalue weighted by Gasteiger charge is -2.05. The first-order valence-electron chi connectivity index (χ1n) is 5.25. The fraction of sp³-hybridized carbons (Fsp3) is 0.0833. The molecule has 3 aromatic heterocycles. The van der Waals surface area contributed by atoms with Gasteiger partial charge in [-0.3, -0.25) is 9.67 Å². The smallest absolute Gasteiger partial charge is 0.130 e. The molecular formula is C12H8BrClN4. The van der Waals surface area contributed by atoms with Crippen molar-refractivity contribution in [3.05, 3.63) is 40.3 Å². The Kier molecular flexibility index (Phi) is 2.80. The van der Waals surface area contributed by atoms with Crippen LogP contribution in [0.4, 0.5) is 0 Å². The van der Waals surface area contributed by atoms with E-state index in [1.165, 1.54) is 0 Å². The van der Waals surface area contributed by atoms with Gasteiger partial charge in [-0.25, -0.2) is 4.98 Å². The zero-order chi connectivity index (χ0) is 12.7. The molecule has 0 saturated carbocycles. The zero-order valence-electron chi connectivity index (χ0n) is 9.43. The molecule has 4 nitrogen and oxygen atoms in total. The van der Waals surface area contributed by atoms with E-state index in [1.54, 1.807) is 23.1 Å². The van der Waals surface area contributed by atoms with Crippen LogP contribution in [-0.4, -0.2) is 19.7 Å². The summed E-state index contributed by atoms with van der Waals surface area (Å²) in [6.45, 7) is 0. The third-order valence-corrected chi connectivity index (χ3v) is 3.51. The van der Waals surface area contributed by atoms with Crippen molar-refractivity contribution in [3.63, 3.8) is 0 Å². The van der Waals surface area contributed by atoms with Gasteiger partial charge in [0.25, 0.3) is 0 Å². The summed E-state index contributed by atoms with van der Waals surface area (Å²) in [4.78, 5) is 8.74. The van der Waals surface area contributed by atoms with Crippen molar-refractivity contribution < 1.29 is 0 Å². The topological polar surface area (TPSA) is 43.6 Å². The number of nitrogens with zero attached hydrogens (tertiary/aromatic N) is 4. The lowest BCUT2D eigenvalue weighted by molar-refractivity contribution is 0.768. The fourth-order valence-corrected chi connectivity index (χ4v) is 2.45. The Morgan fingerprint density at radius 2 is 2.22 bits per heavy atom. The Bertz CT molecular complexity index is 738. The maximum absolute atomic E-state index is 6.07. The molecule has 0 aliphatic heterocycles. The molecule has 3 heterocycles. The van der Waals surface area contributed by atoms with Gasteiger partial charge >= 0.3 is 0 Å². The number of aromatic nitrogens is 4. The minimum Gasteiger partial charge on any atom is -0.275 e. The minimum atomic E-state index is 0.440. The number of hydrogen-bond acceptors (Lipinski definition) is 3. The summed E-state index contributed by atoms with van der Waals surface area (Å²) in [7, 11) is 1.86. The zero-order valence-corrected chi connectivity index (χ0v) is 11.8. The van der Waals surface area contributed by atoms with E-state index in [4.69, 9.17) is 11.6 Å². The SMILES string of the molecule is Cn1cc(-c2nc(Cl)cc3c(Br)ccnc23)cn1. The van der Waals surface area contributed by atoms with Gasteiger partial charge in [0.05, 0.1) is 11.7 Å². The van der Waals surface area contributed by atoms with Crippen LogP contribution in [0.25, 0.3) is 22.2 Å². The minimum absolute atomic E-state index is 0.440. The van der Waals surface area contributed by atoms with Gasteiger partial charge in [0, 0.05) is 34.9 Å². The average molecular weight is 324 g/mol. The number of aryl methyl sites for hydroxylation is 1. The Morgan fingerprint density at radius 3 is 2.94 bits per heavy atom. The Balaban J connectivity index is 2.38. The van der Waals surface area contributed by atoms with Crippen molar-refractivity contribution in [2.24, 2.45) is 7.05 Å². The van der Waals surface area contributed by atoms with Crippen molar-refractivity contribution in [1.82, 2.24) is 19.7 Å². The molecule has 0 aliphatic rings. The van der Waals surface area contributed by atoms with Crippen LogP contribution in [0.15, 0.2) is 35.2 Å². The highest BCUT2D eigenvalue weighted by Gasteiger charge is 2.12. The first-order chi connectivity index (χ1) is 8.65. The van der Waals surface area contributed by atoms with Gasteiger partial charge in [-0.05, 0) is 12.1 Å². The van der Waals surface area contributed by atoms with E-state index < -0.39 is 0 Å². The van der Waals surface area contributed by atoms with Crippen LogP contribution in [0, 0.1) is 0 Å². The lowest BCUT2D eigenvalue weighted by atomic mass is 10.1. The maximum atomic E-state index is 6.07. The fourth-order valence-electron chi connectivity index (χ4n) is 1.83. The van der Waals surface area contributed by atoms with Crippen molar-refractivity contribution in [3.8, 4) is 11.3 Å². The summed E-state index contributed by atoms with van der Waals surface area (Å²) in [6, 6.07) is 3.68. The molecule has 0 saturated heterocycles. The Labute approximate surface area is 117 Å². The van der Waals surface area contributed by atoms with Crippen molar-refractivity contribution in [2.45, 2.75) is 0 Å². The largest absolute Gasteiger partial charge is 0.275 e. The van der Waals surface area contributed by atoms with E-state index >= 15 is 0 Å².